The molecule has 1 aromatic carbocycles. The molecular formula is C13H13NO5S. The number of hydrogen-bond donors (Lipinski definition) is 2. The number of carboxylic acids is 2. The molecular weight excluding hydrogens is 282 g/mol. The Kier molecular flexibility index (Phi) is 4.29. The van der Waals surface area contributed by atoms with Crippen molar-refractivity contribution in [1.29, 1.82) is 0 Å². The van der Waals surface area contributed by atoms with Crippen LogP contribution in [0.1, 0.15) is 23.2 Å². The number of fused-ring (bicyclic) bond motifs is 1. The van der Waals surface area contributed by atoms with Crippen molar-refractivity contribution in [3.8, 4) is 0 Å². The van der Waals surface area contributed by atoms with Gasteiger partial charge >= 0.3 is 11.9 Å². The summed E-state index contributed by atoms with van der Waals surface area (Å²) in [6.45, 7) is 0.280. The van der Waals surface area contributed by atoms with E-state index in [1.165, 1.54) is 28.8 Å². The highest BCUT2D eigenvalue weighted by Crippen LogP contribution is 2.36. The van der Waals surface area contributed by atoms with Gasteiger partial charge in [0.25, 0.3) is 0 Å². The molecule has 1 aliphatic heterocycles. The fourth-order valence-corrected chi connectivity index (χ4v) is 2.88. The standard InChI is InChI=1S/C13H13NO5S/c15-11-7-20-10-4-3-8(13(18)19)6-9(10)14(11)5-1-2-12(16)17/h3-4,6H,1-2,5,7H2,(H,16,17)(H,18,19). The summed E-state index contributed by atoms with van der Waals surface area (Å²) in [6, 6.07) is 4.64. The Morgan fingerprint density at radius 3 is 2.70 bits per heavy atom. The van der Waals surface area contributed by atoms with Crippen LogP contribution in [0.4, 0.5) is 5.69 Å². The first-order valence-corrected chi connectivity index (χ1v) is 7.00. The lowest BCUT2D eigenvalue weighted by Gasteiger charge is -2.29. The molecule has 6 nitrogen and oxygen atoms in total. The Morgan fingerprint density at radius 2 is 2.05 bits per heavy atom. The average molecular weight is 295 g/mol. The van der Waals surface area contributed by atoms with Gasteiger partial charge in [-0.2, -0.15) is 0 Å². The number of rotatable bonds is 5. The molecule has 0 atom stereocenters. The maximum atomic E-state index is 11.9. The summed E-state index contributed by atoms with van der Waals surface area (Å²) in [4.78, 5) is 35.8. The van der Waals surface area contributed by atoms with Gasteiger partial charge in [-0.3, -0.25) is 9.59 Å². The predicted octanol–water partition coefficient (Wildman–Crippen LogP) is 1.69. The molecule has 1 heterocycles. The van der Waals surface area contributed by atoms with Crippen LogP contribution in [0.3, 0.4) is 0 Å². The lowest BCUT2D eigenvalue weighted by molar-refractivity contribution is -0.137. The first kappa shape index (κ1) is 14.4. The number of thioether (sulfide) groups is 1. The fourth-order valence-electron chi connectivity index (χ4n) is 1.97. The summed E-state index contributed by atoms with van der Waals surface area (Å²) in [5.74, 6) is -1.81. The van der Waals surface area contributed by atoms with Crippen molar-refractivity contribution in [1.82, 2.24) is 0 Å². The zero-order chi connectivity index (χ0) is 14.7. The number of aliphatic carboxylic acids is 1. The molecule has 0 spiro atoms. The quantitative estimate of drug-likeness (QED) is 0.858. The second-order valence-corrected chi connectivity index (χ2v) is 5.34. The molecule has 0 fully saturated rings. The van der Waals surface area contributed by atoms with E-state index in [4.69, 9.17) is 10.2 Å². The summed E-state index contributed by atoms with van der Waals surface area (Å²) >= 11 is 1.36. The van der Waals surface area contributed by atoms with E-state index in [0.29, 0.717) is 12.1 Å². The number of amides is 1. The first-order valence-electron chi connectivity index (χ1n) is 6.01. The van der Waals surface area contributed by atoms with Gasteiger partial charge in [0.1, 0.15) is 0 Å². The van der Waals surface area contributed by atoms with Crippen LogP contribution in [0.5, 0.6) is 0 Å². The lowest BCUT2D eigenvalue weighted by atomic mass is 10.1. The Hall–Kier alpha value is -2.02. The first-order chi connectivity index (χ1) is 9.49. The number of carbonyl (C=O) groups excluding carboxylic acids is 1. The van der Waals surface area contributed by atoms with E-state index in [9.17, 15) is 14.4 Å². The highest BCUT2D eigenvalue weighted by atomic mass is 32.2. The number of carbonyl (C=O) groups is 3. The molecule has 2 N–H and O–H groups in total. The van der Waals surface area contributed by atoms with Crippen molar-refractivity contribution >= 4 is 35.3 Å². The Morgan fingerprint density at radius 1 is 1.30 bits per heavy atom. The largest absolute Gasteiger partial charge is 0.481 e. The Bertz CT molecular complexity index is 572. The fraction of sp³-hybridized carbons (Fsp3) is 0.308. The maximum absolute atomic E-state index is 11.9. The van der Waals surface area contributed by atoms with Crippen LogP contribution in [0.25, 0.3) is 0 Å². The van der Waals surface area contributed by atoms with Crippen LogP contribution in [-0.4, -0.2) is 40.4 Å². The molecule has 0 saturated carbocycles. The minimum atomic E-state index is -1.05. The lowest BCUT2D eigenvalue weighted by Crippen LogP contribution is -2.36. The van der Waals surface area contributed by atoms with Gasteiger partial charge in [0.15, 0.2) is 0 Å². The van der Waals surface area contributed by atoms with E-state index in [0.717, 1.165) is 4.90 Å². The summed E-state index contributed by atoms with van der Waals surface area (Å²) in [6.07, 6.45) is 0.313. The summed E-state index contributed by atoms with van der Waals surface area (Å²) < 4.78 is 0. The van der Waals surface area contributed by atoms with Gasteiger partial charge < -0.3 is 15.1 Å². The zero-order valence-electron chi connectivity index (χ0n) is 10.5. The molecule has 20 heavy (non-hydrogen) atoms. The maximum Gasteiger partial charge on any atom is 0.335 e. The summed E-state index contributed by atoms with van der Waals surface area (Å²) in [5, 5.41) is 17.6. The van der Waals surface area contributed by atoms with Gasteiger partial charge in [-0.15, -0.1) is 11.8 Å². The molecule has 1 amide bonds. The number of aromatic carboxylic acids is 1. The molecule has 0 saturated heterocycles. The van der Waals surface area contributed by atoms with Crippen molar-refractivity contribution in [2.45, 2.75) is 17.7 Å². The van der Waals surface area contributed by atoms with Crippen molar-refractivity contribution in [2.75, 3.05) is 17.2 Å². The second-order valence-electron chi connectivity index (χ2n) is 4.32. The van der Waals surface area contributed by atoms with Crippen LogP contribution in [-0.2, 0) is 9.59 Å². The van der Waals surface area contributed by atoms with Crippen LogP contribution < -0.4 is 4.90 Å². The van der Waals surface area contributed by atoms with Gasteiger partial charge in [0.2, 0.25) is 5.91 Å². The molecule has 0 unspecified atom stereocenters. The molecule has 0 aliphatic carbocycles. The third-order valence-corrected chi connectivity index (χ3v) is 3.97. The Labute approximate surface area is 119 Å². The second kappa shape index (κ2) is 5.96. The molecule has 0 bridgehead atoms. The molecule has 7 heteroatoms. The van der Waals surface area contributed by atoms with Crippen LogP contribution in [0.2, 0.25) is 0 Å². The van der Waals surface area contributed by atoms with E-state index in [1.54, 1.807) is 6.07 Å². The van der Waals surface area contributed by atoms with Crippen molar-refractivity contribution in [3.05, 3.63) is 23.8 Å². The van der Waals surface area contributed by atoms with Gasteiger partial charge in [-0.25, -0.2) is 4.79 Å². The monoisotopic (exact) mass is 295 g/mol. The molecule has 106 valence electrons. The van der Waals surface area contributed by atoms with Crippen LogP contribution in [0.15, 0.2) is 23.1 Å². The van der Waals surface area contributed by atoms with E-state index >= 15 is 0 Å². The van der Waals surface area contributed by atoms with Crippen molar-refractivity contribution in [3.63, 3.8) is 0 Å². The number of carboxylic acid groups (broad SMARTS) is 2. The summed E-state index contributed by atoms with van der Waals surface area (Å²) in [7, 11) is 0. The zero-order valence-corrected chi connectivity index (χ0v) is 11.4. The number of benzene rings is 1. The van der Waals surface area contributed by atoms with Gasteiger partial charge in [0, 0.05) is 17.9 Å². The van der Waals surface area contributed by atoms with Gasteiger partial charge in [-0.1, -0.05) is 0 Å². The highest BCUT2D eigenvalue weighted by Gasteiger charge is 2.25. The van der Waals surface area contributed by atoms with E-state index in [2.05, 4.69) is 0 Å². The molecule has 1 aromatic rings. The minimum absolute atomic E-state index is 0.0229. The van der Waals surface area contributed by atoms with E-state index < -0.39 is 11.9 Å². The number of hydrogen-bond acceptors (Lipinski definition) is 4. The van der Waals surface area contributed by atoms with Gasteiger partial charge in [-0.05, 0) is 24.6 Å². The molecule has 1 aliphatic rings. The normalized spacial score (nSPS) is 14.0. The summed E-state index contributed by atoms with van der Waals surface area (Å²) in [5.41, 5.74) is 0.666. The predicted molar refractivity (Wildman–Crippen MR) is 73.3 cm³/mol. The topological polar surface area (TPSA) is 94.9 Å². The van der Waals surface area contributed by atoms with Gasteiger partial charge in [0.05, 0.1) is 17.0 Å². The van der Waals surface area contributed by atoms with E-state index in [1.807, 2.05) is 0 Å². The van der Waals surface area contributed by atoms with E-state index in [-0.39, 0.29) is 30.2 Å². The Balaban J connectivity index is 2.24. The molecule has 0 aromatic heterocycles. The number of nitrogens with zero attached hydrogens (tertiary/aromatic N) is 1. The number of anilines is 1. The minimum Gasteiger partial charge on any atom is -0.481 e. The third kappa shape index (κ3) is 3.11. The molecule has 2 rings (SSSR count). The van der Waals surface area contributed by atoms with Crippen molar-refractivity contribution in [2.24, 2.45) is 0 Å². The van der Waals surface area contributed by atoms with Crippen molar-refractivity contribution < 1.29 is 24.6 Å². The smallest absolute Gasteiger partial charge is 0.335 e. The highest BCUT2D eigenvalue weighted by molar-refractivity contribution is 8.00. The average Bonchev–Trinajstić information content (AvgIpc) is 2.40. The van der Waals surface area contributed by atoms with Crippen LogP contribution in [0, 0.1) is 0 Å². The molecule has 0 radical (unpaired) electrons. The SMILES string of the molecule is O=C(O)CCCN1C(=O)CSc2ccc(C(=O)O)cc21. The third-order valence-electron chi connectivity index (χ3n) is 2.92. The van der Waals surface area contributed by atoms with Crippen LogP contribution >= 0.6 is 11.8 Å².